The van der Waals surface area contributed by atoms with E-state index in [2.05, 4.69) is 43.7 Å². The molecular formula is C34H38N4O5. The number of nitrogens with one attached hydrogen (secondary N) is 2. The van der Waals surface area contributed by atoms with Crippen molar-refractivity contribution in [2.24, 2.45) is 0 Å². The number of rotatable bonds is 9. The molecule has 0 amide bonds. The van der Waals surface area contributed by atoms with Gasteiger partial charge in [0.05, 0.1) is 29.4 Å². The molecule has 3 aromatic heterocycles. The van der Waals surface area contributed by atoms with Crippen LogP contribution in [0.3, 0.4) is 0 Å². The number of aliphatic hydroxyl groups is 1. The van der Waals surface area contributed by atoms with E-state index in [1.165, 1.54) is 5.56 Å². The Labute approximate surface area is 250 Å². The van der Waals surface area contributed by atoms with Gasteiger partial charge in [0.15, 0.2) is 0 Å². The molecule has 8 bridgehead atoms. The van der Waals surface area contributed by atoms with E-state index in [1.807, 2.05) is 25.1 Å². The summed E-state index contributed by atoms with van der Waals surface area (Å²) in [5.74, 6) is -1.84. The van der Waals surface area contributed by atoms with E-state index >= 15 is 0 Å². The van der Waals surface area contributed by atoms with Crippen LogP contribution in [0, 0.1) is 13.8 Å². The highest BCUT2D eigenvalue weighted by Gasteiger charge is 2.24. The van der Waals surface area contributed by atoms with Gasteiger partial charge in [0.25, 0.3) is 0 Å². The van der Waals surface area contributed by atoms with Gasteiger partial charge in [-0.05, 0) is 110 Å². The van der Waals surface area contributed by atoms with Gasteiger partial charge in [-0.1, -0.05) is 13.8 Å². The largest absolute Gasteiger partial charge is 0.481 e. The molecule has 0 radical (unpaired) electrons. The maximum atomic E-state index is 11.6. The number of aromatic amines is 2. The smallest absolute Gasteiger partial charge is 0.303 e. The fourth-order valence-electron chi connectivity index (χ4n) is 6.29. The number of carboxylic acid groups (broad SMARTS) is 2. The molecule has 0 unspecified atom stereocenters. The first-order valence-electron chi connectivity index (χ1n) is 14.8. The first kappa shape index (κ1) is 30.0. The molecule has 0 atom stereocenters. The second kappa shape index (κ2) is 12.0. The molecule has 0 aliphatic carbocycles. The Kier molecular flexibility index (Phi) is 8.37. The number of hydrogen-bond acceptors (Lipinski definition) is 5. The molecule has 9 heteroatoms. The summed E-state index contributed by atoms with van der Waals surface area (Å²) < 4.78 is 0. The van der Waals surface area contributed by atoms with Gasteiger partial charge >= 0.3 is 11.9 Å². The zero-order chi connectivity index (χ0) is 31.0. The monoisotopic (exact) mass is 582 g/mol. The molecule has 5 rings (SSSR count). The highest BCUT2D eigenvalue weighted by Crippen LogP contribution is 2.38. The molecule has 2 aliphatic rings. The average molecular weight is 583 g/mol. The molecule has 0 aromatic carbocycles. The molecule has 0 spiro atoms. The molecule has 224 valence electrons. The van der Waals surface area contributed by atoms with E-state index in [-0.39, 0.29) is 32.3 Å². The fraction of sp³-hybridized carbons (Fsp3) is 0.353. The Hall–Kier alpha value is -4.50. The molecule has 2 aliphatic heterocycles. The SMILES string of the molecule is CCc1c(C)c2cc3[nH]c(cc4nc(cc5nc(cc1[nH]2)C(CO)=C5CCC(=O)O)C(CCC(=O)O)=C4C)c(C)c3CC. The lowest BCUT2D eigenvalue weighted by Crippen LogP contribution is -1.98. The Morgan fingerprint density at radius 2 is 1.12 bits per heavy atom. The van der Waals surface area contributed by atoms with Crippen LogP contribution in [-0.4, -0.2) is 53.8 Å². The third-order valence-electron chi connectivity index (χ3n) is 8.68. The van der Waals surface area contributed by atoms with Gasteiger partial charge in [0, 0.05) is 40.5 Å². The molecule has 5 N–H and O–H groups in total. The second-order valence-corrected chi connectivity index (χ2v) is 11.2. The van der Waals surface area contributed by atoms with Crippen LogP contribution >= 0.6 is 0 Å². The number of fused-ring (bicyclic) bond motifs is 8. The van der Waals surface area contributed by atoms with Crippen molar-refractivity contribution in [3.8, 4) is 0 Å². The van der Waals surface area contributed by atoms with E-state index in [4.69, 9.17) is 9.97 Å². The number of aryl methyl sites for hydroxylation is 4. The summed E-state index contributed by atoms with van der Waals surface area (Å²) in [6.07, 6.45) is 1.94. The molecule has 5 heterocycles. The van der Waals surface area contributed by atoms with Crippen LogP contribution in [0.1, 0.15) is 91.5 Å². The summed E-state index contributed by atoms with van der Waals surface area (Å²) in [7, 11) is 0. The summed E-state index contributed by atoms with van der Waals surface area (Å²) in [4.78, 5) is 40.2. The van der Waals surface area contributed by atoms with Crippen LogP contribution < -0.4 is 0 Å². The van der Waals surface area contributed by atoms with Crippen molar-refractivity contribution in [1.82, 2.24) is 19.9 Å². The first-order chi connectivity index (χ1) is 20.6. The number of aliphatic hydroxyl groups excluding tert-OH is 1. The Balaban J connectivity index is 1.94. The fourth-order valence-corrected chi connectivity index (χ4v) is 6.29. The van der Waals surface area contributed by atoms with E-state index in [9.17, 15) is 24.9 Å². The number of H-pyrrole nitrogens is 2. The van der Waals surface area contributed by atoms with Crippen LogP contribution in [0.15, 0.2) is 24.3 Å². The Bertz CT molecular complexity index is 1870. The van der Waals surface area contributed by atoms with Crippen LogP contribution in [-0.2, 0) is 22.4 Å². The molecule has 0 fully saturated rings. The third-order valence-corrected chi connectivity index (χ3v) is 8.68. The lowest BCUT2D eigenvalue weighted by Gasteiger charge is -2.06. The maximum absolute atomic E-state index is 11.6. The highest BCUT2D eigenvalue weighted by molar-refractivity contribution is 5.97. The van der Waals surface area contributed by atoms with Gasteiger partial charge in [-0.3, -0.25) is 9.59 Å². The van der Waals surface area contributed by atoms with Crippen molar-refractivity contribution >= 4 is 56.3 Å². The Morgan fingerprint density at radius 1 is 0.651 bits per heavy atom. The number of carboxylic acids is 2. The quantitative estimate of drug-likeness (QED) is 0.190. The Morgan fingerprint density at radius 3 is 1.67 bits per heavy atom. The van der Waals surface area contributed by atoms with Crippen LogP contribution in [0.2, 0.25) is 0 Å². The first-order valence-corrected chi connectivity index (χ1v) is 14.8. The number of carbonyl (C=O) groups is 2. The van der Waals surface area contributed by atoms with Gasteiger partial charge < -0.3 is 25.3 Å². The van der Waals surface area contributed by atoms with Crippen LogP contribution in [0.5, 0.6) is 0 Å². The number of allylic oxidation sites excluding steroid dienone is 3. The minimum absolute atomic E-state index is 0.0528. The van der Waals surface area contributed by atoms with Crippen LogP contribution in [0.4, 0.5) is 0 Å². The average Bonchev–Trinajstić information content (AvgIpc) is 3.63. The van der Waals surface area contributed by atoms with E-state index in [0.29, 0.717) is 28.2 Å². The van der Waals surface area contributed by atoms with Crippen molar-refractivity contribution in [3.05, 3.63) is 69.3 Å². The van der Waals surface area contributed by atoms with Crippen molar-refractivity contribution in [2.75, 3.05) is 6.61 Å². The van der Waals surface area contributed by atoms with Crippen molar-refractivity contribution < 1.29 is 24.9 Å². The minimum atomic E-state index is -0.943. The topological polar surface area (TPSA) is 152 Å². The molecule has 0 saturated carbocycles. The second-order valence-electron chi connectivity index (χ2n) is 11.2. The molecule has 43 heavy (non-hydrogen) atoms. The summed E-state index contributed by atoms with van der Waals surface area (Å²) in [6, 6.07) is 7.90. The van der Waals surface area contributed by atoms with Crippen molar-refractivity contribution in [3.63, 3.8) is 0 Å². The molecular weight excluding hydrogens is 544 g/mol. The molecule has 9 nitrogen and oxygen atoms in total. The van der Waals surface area contributed by atoms with Gasteiger partial charge in [-0.2, -0.15) is 0 Å². The van der Waals surface area contributed by atoms with E-state index in [0.717, 1.165) is 68.4 Å². The standard InChI is InChI=1S/C34H38N4O5/c1-6-20-17(3)25-12-26-19(5)22(8-10-33(40)41)30(37-26)15-31-23(9-11-34(42)43)24(16-39)32(38-31)14-29-21(7-2)18(4)27(36-29)13-28(20)35-25/h12-15,35-36,39H,6-11,16H2,1-5H3,(H,40,41)(H,42,43). The maximum Gasteiger partial charge on any atom is 0.303 e. The lowest BCUT2D eigenvalue weighted by atomic mass is 9.98. The lowest BCUT2D eigenvalue weighted by molar-refractivity contribution is -0.137. The van der Waals surface area contributed by atoms with Gasteiger partial charge in [-0.25, -0.2) is 9.97 Å². The molecule has 0 saturated heterocycles. The van der Waals surface area contributed by atoms with Crippen molar-refractivity contribution in [1.29, 1.82) is 0 Å². The number of hydrogen-bond donors (Lipinski definition) is 5. The highest BCUT2D eigenvalue weighted by atomic mass is 16.4. The summed E-state index contributed by atoms with van der Waals surface area (Å²) in [6.45, 7) is 10.1. The third kappa shape index (κ3) is 5.64. The predicted molar refractivity (Wildman–Crippen MR) is 169 cm³/mol. The van der Waals surface area contributed by atoms with E-state index in [1.54, 1.807) is 0 Å². The number of aromatic nitrogens is 4. The van der Waals surface area contributed by atoms with Gasteiger partial charge in [0.2, 0.25) is 0 Å². The predicted octanol–water partition coefficient (Wildman–Crippen LogP) is 6.62. The normalized spacial score (nSPS) is 13.3. The van der Waals surface area contributed by atoms with Gasteiger partial charge in [0.1, 0.15) is 0 Å². The zero-order valence-corrected chi connectivity index (χ0v) is 25.3. The van der Waals surface area contributed by atoms with Crippen LogP contribution in [0.25, 0.3) is 44.4 Å². The molecule has 3 aromatic rings. The summed E-state index contributed by atoms with van der Waals surface area (Å²) in [5, 5.41) is 29.4. The van der Waals surface area contributed by atoms with Gasteiger partial charge in [-0.15, -0.1) is 0 Å². The zero-order valence-electron chi connectivity index (χ0n) is 25.3. The number of nitrogens with zero attached hydrogens (tertiary/aromatic N) is 2. The van der Waals surface area contributed by atoms with Crippen molar-refractivity contribution in [2.45, 2.75) is 73.1 Å². The minimum Gasteiger partial charge on any atom is -0.481 e. The number of aliphatic carboxylic acids is 2. The summed E-state index contributed by atoms with van der Waals surface area (Å²) >= 11 is 0. The summed E-state index contributed by atoms with van der Waals surface area (Å²) in [5.41, 5.74) is 13.8. The van der Waals surface area contributed by atoms with E-state index < -0.39 is 11.9 Å².